The molecule has 4 rings (SSSR count). The van der Waals surface area contributed by atoms with Crippen LogP contribution in [-0.4, -0.2) is 46.9 Å². The van der Waals surface area contributed by atoms with Gasteiger partial charge in [-0.3, -0.25) is 24.7 Å². The van der Waals surface area contributed by atoms with Crippen molar-refractivity contribution in [1.82, 2.24) is 15.1 Å². The lowest BCUT2D eigenvalue weighted by atomic mass is 9.91. The van der Waals surface area contributed by atoms with Gasteiger partial charge >= 0.3 is 6.03 Å². The van der Waals surface area contributed by atoms with Crippen LogP contribution in [0.25, 0.3) is 0 Å². The molecule has 156 valence electrons. The Morgan fingerprint density at radius 1 is 1.10 bits per heavy atom. The molecular weight excluding hydrogens is 387 g/mol. The highest BCUT2D eigenvalue weighted by atomic mass is 19.1. The Labute approximate surface area is 173 Å². The van der Waals surface area contributed by atoms with E-state index in [2.05, 4.69) is 10.6 Å². The number of carbonyl (C=O) groups excluding carboxylic acids is 3. The lowest BCUT2D eigenvalue weighted by Crippen LogP contribution is -2.68. The third-order valence-corrected chi connectivity index (χ3v) is 5.47. The van der Waals surface area contributed by atoms with E-state index in [1.54, 1.807) is 6.07 Å². The number of hydrogen-bond acceptors (Lipinski definition) is 4. The number of piperidine rings is 1. The Bertz CT molecular complexity index is 952. The summed E-state index contributed by atoms with van der Waals surface area (Å²) in [4.78, 5) is 41.4. The maximum Gasteiger partial charge on any atom is 0.328 e. The van der Waals surface area contributed by atoms with Crippen molar-refractivity contribution in [2.24, 2.45) is 5.92 Å². The van der Waals surface area contributed by atoms with Crippen molar-refractivity contribution < 1.29 is 18.8 Å². The summed E-state index contributed by atoms with van der Waals surface area (Å²) in [5.74, 6) is -1.72. The number of hydrogen-bond donors (Lipinski definition) is 2. The molecule has 2 aliphatic heterocycles. The van der Waals surface area contributed by atoms with E-state index in [-0.39, 0.29) is 24.7 Å². The molecule has 2 aromatic carbocycles. The first kappa shape index (κ1) is 20.0. The van der Waals surface area contributed by atoms with Crippen molar-refractivity contribution in [3.05, 3.63) is 66.0 Å². The number of halogens is 1. The van der Waals surface area contributed by atoms with E-state index >= 15 is 0 Å². The summed E-state index contributed by atoms with van der Waals surface area (Å²) < 4.78 is 13.9. The minimum absolute atomic E-state index is 0.0531. The largest absolute Gasteiger partial charge is 0.328 e. The number of fused-ring (bicyclic) bond motifs is 1. The summed E-state index contributed by atoms with van der Waals surface area (Å²) in [6.45, 7) is 0.527. The highest BCUT2D eigenvalue weighted by Gasteiger charge is 2.47. The maximum atomic E-state index is 13.9. The van der Waals surface area contributed by atoms with E-state index in [1.807, 2.05) is 30.3 Å². The highest BCUT2D eigenvalue weighted by Crippen LogP contribution is 2.29. The third kappa shape index (κ3) is 4.04. The number of nitrogens with zero attached hydrogens (tertiary/aromatic N) is 2. The summed E-state index contributed by atoms with van der Waals surface area (Å²) in [6, 6.07) is 14.6. The normalized spacial score (nSPS) is 21.4. The number of urea groups is 1. The quantitative estimate of drug-likeness (QED) is 0.794. The number of imide groups is 1. The molecule has 2 aromatic rings. The second-order valence-corrected chi connectivity index (χ2v) is 7.50. The summed E-state index contributed by atoms with van der Waals surface area (Å²) in [7, 11) is 0. The minimum atomic E-state index is -0.551. The van der Waals surface area contributed by atoms with Gasteiger partial charge in [-0.05, 0) is 37.1 Å². The first-order chi connectivity index (χ1) is 14.5. The van der Waals surface area contributed by atoms with Crippen LogP contribution in [0.15, 0.2) is 54.6 Å². The summed E-state index contributed by atoms with van der Waals surface area (Å²) in [5.41, 5.74) is 0.884. The van der Waals surface area contributed by atoms with Crippen molar-refractivity contribution in [3.63, 3.8) is 0 Å². The van der Waals surface area contributed by atoms with Gasteiger partial charge in [0, 0.05) is 0 Å². The van der Waals surface area contributed by atoms with Crippen LogP contribution >= 0.6 is 0 Å². The first-order valence-electron chi connectivity index (χ1n) is 9.98. The van der Waals surface area contributed by atoms with Crippen LogP contribution in [-0.2, 0) is 16.1 Å². The van der Waals surface area contributed by atoms with Crippen molar-refractivity contribution >= 4 is 23.5 Å². The van der Waals surface area contributed by atoms with Gasteiger partial charge < -0.3 is 5.32 Å². The molecule has 2 atom stereocenters. The molecule has 0 bridgehead atoms. The van der Waals surface area contributed by atoms with Crippen LogP contribution in [0.1, 0.15) is 18.4 Å². The predicted octanol–water partition coefficient (Wildman–Crippen LogP) is 2.55. The fourth-order valence-electron chi connectivity index (χ4n) is 4.01. The zero-order valence-electron chi connectivity index (χ0n) is 16.4. The van der Waals surface area contributed by atoms with Gasteiger partial charge in [0.15, 0.2) is 0 Å². The zero-order valence-corrected chi connectivity index (χ0v) is 16.4. The minimum Gasteiger partial charge on any atom is -0.322 e. The molecule has 2 aliphatic rings. The molecule has 0 spiro atoms. The topological polar surface area (TPSA) is 81.8 Å². The predicted molar refractivity (Wildman–Crippen MR) is 109 cm³/mol. The lowest BCUT2D eigenvalue weighted by Gasteiger charge is -2.46. The van der Waals surface area contributed by atoms with Crippen LogP contribution in [0.3, 0.4) is 0 Å². The second kappa shape index (κ2) is 8.62. The second-order valence-electron chi connectivity index (χ2n) is 7.50. The smallest absolute Gasteiger partial charge is 0.322 e. The molecule has 30 heavy (non-hydrogen) atoms. The molecule has 2 fully saturated rings. The number of anilines is 1. The van der Waals surface area contributed by atoms with Gasteiger partial charge in [0.2, 0.25) is 11.8 Å². The fraction of sp³-hybridized carbons (Fsp3) is 0.318. The van der Waals surface area contributed by atoms with Crippen LogP contribution in [0, 0.1) is 11.7 Å². The average molecular weight is 410 g/mol. The van der Waals surface area contributed by atoms with E-state index in [9.17, 15) is 18.8 Å². The molecule has 0 saturated carbocycles. The standard InChI is InChI=1S/C22H23FN4O3/c23-17-10-4-5-11-18(17)25-19(28)14-26-20-16(9-6-12-24-20)21(29)27(22(26)30)13-15-7-2-1-3-8-15/h1-5,7-8,10-11,16,20,24H,6,9,12-14H2,(H,25,28). The Kier molecular flexibility index (Phi) is 5.76. The first-order valence-corrected chi connectivity index (χ1v) is 9.98. The summed E-state index contributed by atoms with van der Waals surface area (Å²) in [6.07, 6.45) is 0.910. The molecule has 8 heteroatoms. The van der Waals surface area contributed by atoms with E-state index in [1.165, 1.54) is 28.0 Å². The van der Waals surface area contributed by atoms with E-state index in [0.29, 0.717) is 13.0 Å². The zero-order chi connectivity index (χ0) is 21.1. The van der Waals surface area contributed by atoms with Gasteiger partial charge in [0.05, 0.1) is 24.3 Å². The van der Waals surface area contributed by atoms with Gasteiger partial charge in [0.1, 0.15) is 12.4 Å². The maximum absolute atomic E-state index is 13.9. The van der Waals surface area contributed by atoms with Gasteiger partial charge in [0.25, 0.3) is 0 Å². The van der Waals surface area contributed by atoms with E-state index < -0.39 is 29.8 Å². The summed E-state index contributed by atoms with van der Waals surface area (Å²) >= 11 is 0. The molecule has 0 radical (unpaired) electrons. The van der Waals surface area contributed by atoms with Crippen LogP contribution in [0.4, 0.5) is 14.9 Å². The van der Waals surface area contributed by atoms with Gasteiger partial charge in [-0.15, -0.1) is 0 Å². The Morgan fingerprint density at radius 3 is 2.60 bits per heavy atom. The molecule has 2 unspecified atom stereocenters. The lowest BCUT2D eigenvalue weighted by molar-refractivity contribution is -0.143. The molecule has 7 nitrogen and oxygen atoms in total. The van der Waals surface area contributed by atoms with Crippen LogP contribution in [0.5, 0.6) is 0 Å². The van der Waals surface area contributed by atoms with Crippen LogP contribution < -0.4 is 10.6 Å². The molecule has 2 N–H and O–H groups in total. The van der Waals surface area contributed by atoms with Crippen molar-refractivity contribution in [1.29, 1.82) is 0 Å². The third-order valence-electron chi connectivity index (χ3n) is 5.47. The Balaban J connectivity index is 1.55. The average Bonchev–Trinajstić information content (AvgIpc) is 2.76. The molecular formula is C22H23FN4O3. The number of nitrogens with one attached hydrogen (secondary N) is 2. The van der Waals surface area contributed by atoms with E-state index in [0.717, 1.165) is 12.0 Å². The van der Waals surface area contributed by atoms with Crippen LogP contribution in [0.2, 0.25) is 0 Å². The Hall–Kier alpha value is -3.26. The summed E-state index contributed by atoms with van der Waals surface area (Å²) in [5, 5.41) is 5.71. The van der Waals surface area contributed by atoms with Gasteiger partial charge in [-0.2, -0.15) is 0 Å². The molecule has 2 saturated heterocycles. The number of amides is 4. The number of rotatable bonds is 5. The van der Waals surface area contributed by atoms with Crippen molar-refractivity contribution in [2.45, 2.75) is 25.6 Å². The monoisotopic (exact) mass is 410 g/mol. The molecule has 0 aromatic heterocycles. The number of carbonyl (C=O) groups is 3. The van der Waals surface area contributed by atoms with Gasteiger partial charge in [-0.25, -0.2) is 9.18 Å². The van der Waals surface area contributed by atoms with Crippen molar-refractivity contribution in [2.75, 3.05) is 18.4 Å². The van der Waals surface area contributed by atoms with Gasteiger partial charge in [-0.1, -0.05) is 42.5 Å². The fourth-order valence-corrected chi connectivity index (χ4v) is 4.01. The highest BCUT2D eigenvalue weighted by molar-refractivity contribution is 6.01. The molecule has 4 amide bonds. The number of benzene rings is 2. The van der Waals surface area contributed by atoms with Crippen molar-refractivity contribution in [3.8, 4) is 0 Å². The number of para-hydroxylation sites is 1. The molecule has 0 aliphatic carbocycles. The Morgan fingerprint density at radius 2 is 1.83 bits per heavy atom. The molecule has 2 heterocycles. The SMILES string of the molecule is O=C(CN1C(=O)N(Cc2ccccc2)C(=O)C2CCCNC21)Nc1ccccc1F. The van der Waals surface area contributed by atoms with E-state index in [4.69, 9.17) is 0 Å².